The maximum absolute atomic E-state index is 12.6. The summed E-state index contributed by atoms with van der Waals surface area (Å²) in [6.07, 6.45) is 2.01. The van der Waals surface area contributed by atoms with Gasteiger partial charge in [0.25, 0.3) is 0 Å². The van der Waals surface area contributed by atoms with Crippen molar-refractivity contribution in [2.45, 2.75) is 13.3 Å². The maximum atomic E-state index is 12.6. The van der Waals surface area contributed by atoms with Gasteiger partial charge in [0, 0.05) is 54.8 Å². The van der Waals surface area contributed by atoms with Crippen LogP contribution in [0.3, 0.4) is 0 Å². The number of hydrogen-bond donors (Lipinski definition) is 0. The van der Waals surface area contributed by atoms with E-state index in [0.717, 1.165) is 43.3 Å². The molecule has 1 aromatic heterocycles. The summed E-state index contributed by atoms with van der Waals surface area (Å²) in [6, 6.07) is 9.61. The number of benzene rings is 1. The van der Waals surface area contributed by atoms with Gasteiger partial charge in [-0.1, -0.05) is 29.8 Å². The normalized spacial score (nSPS) is 22.3. The Morgan fingerprint density at radius 2 is 1.88 bits per heavy atom. The summed E-state index contributed by atoms with van der Waals surface area (Å²) in [4.78, 5) is 25.5. The van der Waals surface area contributed by atoms with Crippen molar-refractivity contribution in [3.8, 4) is 0 Å². The monoisotopic (exact) mass is 356 g/mol. The highest BCUT2D eigenvalue weighted by Gasteiger charge is 2.41. The van der Waals surface area contributed by atoms with Crippen molar-refractivity contribution in [1.29, 1.82) is 0 Å². The molecule has 4 rings (SSSR count). The molecule has 130 valence electrons. The molecular formula is C19H21ClN4O. The van der Waals surface area contributed by atoms with Gasteiger partial charge in [-0.25, -0.2) is 9.97 Å². The summed E-state index contributed by atoms with van der Waals surface area (Å²) >= 11 is 6.18. The van der Waals surface area contributed by atoms with Crippen LogP contribution in [-0.2, 0) is 11.2 Å². The quantitative estimate of drug-likeness (QED) is 0.848. The summed E-state index contributed by atoms with van der Waals surface area (Å²) in [5.74, 6) is 2.21. The van der Waals surface area contributed by atoms with Crippen molar-refractivity contribution >= 4 is 23.3 Å². The number of carbonyl (C=O) groups is 1. The lowest BCUT2D eigenvalue weighted by molar-refractivity contribution is -0.129. The Labute approximate surface area is 152 Å². The van der Waals surface area contributed by atoms with Crippen LogP contribution in [0.2, 0.25) is 5.02 Å². The minimum absolute atomic E-state index is 0.173. The molecule has 2 aromatic rings. The van der Waals surface area contributed by atoms with Gasteiger partial charge in [0.05, 0.1) is 6.42 Å². The second-order valence-electron chi connectivity index (χ2n) is 7.01. The summed E-state index contributed by atoms with van der Waals surface area (Å²) in [5, 5.41) is 0.667. The molecule has 6 heteroatoms. The van der Waals surface area contributed by atoms with Crippen molar-refractivity contribution in [2.75, 3.05) is 31.1 Å². The first-order chi connectivity index (χ1) is 12.1. The number of aryl methyl sites for hydroxylation is 1. The van der Waals surface area contributed by atoms with Gasteiger partial charge in [0.15, 0.2) is 0 Å². The lowest BCUT2D eigenvalue weighted by Crippen LogP contribution is -2.34. The van der Waals surface area contributed by atoms with Crippen molar-refractivity contribution < 1.29 is 4.79 Å². The average molecular weight is 357 g/mol. The van der Waals surface area contributed by atoms with E-state index >= 15 is 0 Å². The molecular weight excluding hydrogens is 336 g/mol. The smallest absolute Gasteiger partial charge is 0.227 e. The second-order valence-corrected chi connectivity index (χ2v) is 7.42. The van der Waals surface area contributed by atoms with Gasteiger partial charge in [-0.2, -0.15) is 0 Å². The molecule has 0 radical (unpaired) electrons. The topological polar surface area (TPSA) is 49.3 Å². The molecule has 2 aliphatic heterocycles. The number of halogens is 1. The Bertz CT molecular complexity index is 782. The number of anilines is 1. The molecule has 0 spiro atoms. The van der Waals surface area contributed by atoms with Gasteiger partial charge in [0.2, 0.25) is 5.91 Å². The maximum Gasteiger partial charge on any atom is 0.227 e. The van der Waals surface area contributed by atoms with Gasteiger partial charge < -0.3 is 9.80 Å². The number of likely N-dealkylation sites (tertiary alicyclic amines) is 1. The van der Waals surface area contributed by atoms with Crippen LogP contribution < -0.4 is 4.90 Å². The van der Waals surface area contributed by atoms with Gasteiger partial charge in [-0.05, 0) is 18.6 Å². The van der Waals surface area contributed by atoms with E-state index in [1.54, 1.807) is 6.33 Å². The van der Waals surface area contributed by atoms with Crippen molar-refractivity contribution in [2.24, 2.45) is 11.8 Å². The lowest BCUT2D eigenvalue weighted by Gasteiger charge is -2.22. The third kappa shape index (κ3) is 3.33. The van der Waals surface area contributed by atoms with E-state index < -0.39 is 0 Å². The van der Waals surface area contributed by atoms with Crippen molar-refractivity contribution in [1.82, 2.24) is 14.9 Å². The van der Waals surface area contributed by atoms with Gasteiger partial charge >= 0.3 is 0 Å². The van der Waals surface area contributed by atoms with E-state index in [1.807, 2.05) is 42.2 Å². The average Bonchev–Trinajstić information content (AvgIpc) is 3.16. The second kappa shape index (κ2) is 6.64. The standard InChI is InChI=1S/C19H21ClN4O/c1-13-6-18(22-12-21-13)23-8-15-10-24(11-16(15)9-23)19(25)7-14-4-2-3-5-17(14)20/h2-6,12,15-16H,7-11H2,1H3. The summed E-state index contributed by atoms with van der Waals surface area (Å²) < 4.78 is 0. The predicted molar refractivity (Wildman–Crippen MR) is 97.7 cm³/mol. The molecule has 2 fully saturated rings. The van der Waals surface area contributed by atoms with Crippen LogP contribution in [-0.4, -0.2) is 47.0 Å². The molecule has 3 heterocycles. The summed E-state index contributed by atoms with van der Waals surface area (Å²) in [7, 11) is 0. The fraction of sp³-hybridized carbons (Fsp3) is 0.421. The van der Waals surface area contributed by atoms with E-state index in [0.29, 0.717) is 23.3 Å². The number of fused-ring (bicyclic) bond motifs is 1. The van der Waals surface area contributed by atoms with Gasteiger partial charge in [-0.15, -0.1) is 0 Å². The number of aromatic nitrogens is 2. The molecule has 0 saturated carbocycles. The zero-order valence-corrected chi connectivity index (χ0v) is 15.0. The first-order valence-electron chi connectivity index (χ1n) is 8.65. The Hall–Kier alpha value is -2.14. The predicted octanol–water partition coefficient (Wildman–Crippen LogP) is 2.58. The van der Waals surface area contributed by atoms with Crippen LogP contribution in [0.15, 0.2) is 36.7 Å². The molecule has 0 bridgehead atoms. The van der Waals surface area contributed by atoms with Crippen LogP contribution in [0.5, 0.6) is 0 Å². The van der Waals surface area contributed by atoms with E-state index in [9.17, 15) is 4.79 Å². The molecule has 2 aliphatic rings. The third-order valence-corrected chi connectivity index (χ3v) is 5.62. The van der Waals surface area contributed by atoms with Crippen LogP contribution in [0.4, 0.5) is 5.82 Å². The number of rotatable bonds is 3. The molecule has 2 atom stereocenters. The molecule has 1 amide bonds. The fourth-order valence-corrected chi connectivity index (χ4v) is 4.12. The van der Waals surface area contributed by atoms with E-state index in [-0.39, 0.29) is 5.91 Å². The highest BCUT2D eigenvalue weighted by molar-refractivity contribution is 6.31. The van der Waals surface area contributed by atoms with Crippen LogP contribution in [0.1, 0.15) is 11.3 Å². The zero-order chi connectivity index (χ0) is 17.4. The van der Waals surface area contributed by atoms with Gasteiger partial charge in [0.1, 0.15) is 12.1 Å². The van der Waals surface area contributed by atoms with Gasteiger partial charge in [-0.3, -0.25) is 4.79 Å². The number of hydrogen-bond acceptors (Lipinski definition) is 4. The zero-order valence-electron chi connectivity index (χ0n) is 14.2. The molecule has 1 aromatic carbocycles. The minimum atomic E-state index is 0.173. The molecule has 2 saturated heterocycles. The van der Waals surface area contributed by atoms with Crippen molar-refractivity contribution in [3.05, 3.63) is 52.9 Å². The number of amides is 1. The molecule has 0 N–H and O–H groups in total. The molecule has 0 aliphatic carbocycles. The van der Waals surface area contributed by atoms with Crippen molar-refractivity contribution in [3.63, 3.8) is 0 Å². The Morgan fingerprint density at radius 3 is 2.56 bits per heavy atom. The largest absolute Gasteiger partial charge is 0.356 e. The Kier molecular flexibility index (Phi) is 4.34. The highest BCUT2D eigenvalue weighted by atomic mass is 35.5. The van der Waals surface area contributed by atoms with Crippen LogP contribution in [0.25, 0.3) is 0 Å². The highest BCUT2D eigenvalue weighted by Crippen LogP contribution is 2.33. The first kappa shape index (κ1) is 16.3. The molecule has 2 unspecified atom stereocenters. The fourth-order valence-electron chi connectivity index (χ4n) is 3.91. The van der Waals surface area contributed by atoms with Crippen LogP contribution in [0, 0.1) is 18.8 Å². The summed E-state index contributed by atoms with van der Waals surface area (Å²) in [6.45, 7) is 5.55. The summed E-state index contributed by atoms with van der Waals surface area (Å²) in [5.41, 5.74) is 1.89. The SMILES string of the molecule is Cc1cc(N2CC3CN(C(=O)Cc4ccccc4Cl)CC3C2)ncn1. The first-order valence-corrected chi connectivity index (χ1v) is 9.02. The minimum Gasteiger partial charge on any atom is -0.356 e. The number of carbonyl (C=O) groups excluding carboxylic acids is 1. The van der Waals surface area contributed by atoms with E-state index in [2.05, 4.69) is 14.9 Å². The lowest BCUT2D eigenvalue weighted by atomic mass is 10.0. The third-order valence-electron chi connectivity index (χ3n) is 5.25. The molecule has 25 heavy (non-hydrogen) atoms. The Morgan fingerprint density at radius 1 is 1.16 bits per heavy atom. The Balaban J connectivity index is 1.38. The van der Waals surface area contributed by atoms with E-state index in [1.165, 1.54) is 0 Å². The number of nitrogens with zero attached hydrogens (tertiary/aromatic N) is 4. The van der Waals surface area contributed by atoms with Crippen LogP contribution >= 0.6 is 11.6 Å². The molecule has 5 nitrogen and oxygen atoms in total. The van der Waals surface area contributed by atoms with E-state index in [4.69, 9.17) is 11.6 Å².